The molecule has 6 nitrogen and oxygen atoms in total. The molecule has 1 saturated heterocycles. The van der Waals surface area contributed by atoms with Gasteiger partial charge in [-0.1, -0.05) is 24.3 Å². The summed E-state index contributed by atoms with van der Waals surface area (Å²) in [6.45, 7) is 8.07. The van der Waals surface area contributed by atoms with E-state index in [4.69, 9.17) is 10.5 Å². The number of carbonyl (C=O) groups excluding carboxylic acids is 1. The van der Waals surface area contributed by atoms with Crippen molar-refractivity contribution in [3.63, 3.8) is 0 Å². The Morgan fingerprint density at radius 1 is 1.46 bits per heavy atom. The monoisotopic (exact) mass is 330 g/mol. The van der Waals surface area contributed by atoms with E-state index in [1.54, 1.807) is 6.07 Å². The van der Waals surface area contributed by atoms with Gasteiger partial charge in [0, 0.05) is 25.3 Å². The number of amides is 1. The fourth-order valence-corrected chi connectivity index (χ4v) is 2.40. The zero-order valence-electron chi connectivity index (χ0n) is 14.2. The molecule has 1 heterocycles. The van der Waals surface area contributed by atoms with Crippen LogP contribution in [0, 0.1) is 0 Å². The van der Waals surface area contributed by atoms with Crippen LogP contribution in [0.1, 0.15) is 35.7 Å². The van der Waals surface area contributed by atoms with Crippen LogP contribution in [0.15, 0.2) is 41.4 Å². The van der Waals surface area contributed by atoms with E-state index in [0.717, 1.165) is 30.6 Å². The number of nitrogens with one attached hydrogen (secondary N) is 2. The second kappa shape index (κ2) is 9.08. The summed E-state index contributed by atoms with van der Waals surface area (Å²) < 4.78 is 5.51. The van der Waals surface area contributed by atoms with E-state index in [1.165, 1.54) is 0 Å². The lowest BCUT2D eigenvalue weighted by Gasteiger charge is -2.11. The molecule has 0 aromatic heterocycles. The minimum Gasteiger partial charge on any atom is -0.376 e. The molecule has 2 rings (SSSR count). The minimum absolute atomic E-state index is 0.0929. The van der Waals surface area contributed by atoms with Gasteiger partial charge in [0.05, 0.1) is 12.6 Å². The number of benzene rings is 1. The van der Waals surface area contributed by atoms with Crippen LogP contribution in [-0.4, -0.2) is 37.7 Å². The third-order valence-corrected chi connectivity index (χ3v) is 3.71. The first-order valence-corrected chi connectivity index (χ1v) is 8.21. The molecule has 1 aliphatic heterocycles. The first kappa shape index (κ1) is 18.0. The molecular formula is C18H26N4O2. The highest BCUT2D eigenvalue weighted by atomic mass is 16.5. The van der Waals surface area contributed by atoms with Gasteiger partial charge in [-0.05, 0) is 37.5 Å². The molecule has 1 aromatic rings. The number of rotatable bonds is 7. The predicted octanol–water partition coefficient (Wildman–Crippen LogP) is 1.58. The van der Waals surface area contributed by atoms with Gasteiger partial charge in [0.25, 0.3) is 5.91 Å². The number of nitrogens with two attached hydrogens (primary N) is 1. The first-order chi connectivity index (χ1) is 11.5. The van der Waals surface area contributed by atoms with Crippen LogP contribution in [0.2, 0.25) is 0 Å². The molecule has 4 N–H and O–H groups in total. The maximum absolute atomic E-state index is 12.2. The van der Waals surface area contributed by atoms with Crippen molar-refractivity contribution in [2.75, 3.05) is 19.7 Å². The quantitative estimate of drug-likeness (QED) is 0.402. The topological polar surface area (TPSA) is 88.7 Å². The Morgan fingerprint density at radius 2 is 2.29 bits per heavy atom. The lowest BCUT2D eigenvalue weighted by atomic mass is 10.1. The molecule has 0 radical (unpaired) electrons. The van der Waals surface area contributed by atoms with Gasteiger partial charge in [0.2, 0.25) is 0 Å². The van der Waals surface area contributed by atoms with Crippen molar-refractivity contribution in [1.82, 2.24) is 10.6 Å². The maximum atomic E-state index is 12.2. The minimum atomic E-state index is -0.0929. The van der Waals surface area contributed by atoms with Crippen LogP contribution in [0.4, 0.5) is 0 Å². The number of aliphatic imine (C=N–C) groups is 1. The molecule has 0 spiro atoms. The highest BCUT2D eigenvalue weighted by Crippen LogP contribution is 2.11. The van der Waals surface area contributed by atoms with E-state index in [1.807, 2.05) is 25.1 Å². The maximum Gasteiger partial charge on any atom is 0.251 e. The number of hydrogen-bond donors (Lipinski definition) is 3. The van der Waals surface area contributed by atoms with E-state index >= 15 is 0 Å². The summed E-state index contributed by atoms with van der Waals surface area (Å²) in [5.74, 6) is 0.274. The van der Waals surface area contributed by atoms with Gasteiger partial charge in [-0.3, -0.25) is 4.79 Å². The van der Waals surface area contributed by atoms with Crippen molar-refractivity contribution in [1.29, 1.82) is 0 Å². The molecular weight excluding hydrogens is 304 g/mol. The number of nitrogens with zero attached hydrogens (tertiary/aromatic N) is 1. The van der Waals surface area contributed by atoms with Crippen molar-refractivity contribution >= 4 is 11.9 Å². The van der Waals surface area contributed by atoms with Gasteiger partial charge in [0.1, 0.15) is 0 Å². The van der Waals surface area contributed by atoms with E-state index < -0.39 is 0 Å². The van der Waals surface area contributed by atoms with Gasteiger partial charge < -0.3 is 21.1 Å². The Balaban J connectivity index is 1.86. The highest BCUT2D eigenvalue weighted by molar-refractivity contribution is 5.94. The largest absolute Gasteiger partial charge is 0.376 e. The Morgan fingerprint density at radius 3 is 3.00 bits per heavy atom. The second-order valence-electron chi connectivity index (χ2n) is 6.06. The number of guanidine groups is 1. The third-order valence-electron chi connectivity index (χ3n) is 3.71. The third kappa shape index (κ3) is 6.04. The molecule has 0 saturated carbocycles. The Kier molecular flexibility index (Phi) is 6.81. The summed E-state index contributed by atoms with van der Waals surface area (Å²) in [4.78, 5) is 16.5. The molecule has 0 bridgehead atoms. The normalized spacial score (nSPS) is 17.5. The van der Waals surface area contributed by atoms with Crippen LogP contribution in [0.5, 0.6) is 0 Å². The highest BCUT2D eigenvalue weighted by Gasteiger charge is 2.16. The summed E-state index contributed by atoms with van der Waals surface area (Å²) in [6, 6.07) is 7.40. The van der Waals surface area contributed by atoms with E-state index in [0.29, 0.717) is 31.2 Å². The van der Waals surface area contributed by atoms with Crippen LogP contribution in [0.3, 0.4) is 0 Å². The Bertz CT molecular complexity index is 607. The molecule has 24 heavy (non-hydrogen) atoms. The van der Waals surface area contributed by atoms with E-state index in [2.05, 4.69) is 22.2 Å². The predicted molar refractivity (Wildman–Crippen MR) is 95.9 cm³/mol. The summed E-state index contributed by atoms with van der Waals surface area (Å²) in [6.07, 6.45) is 2.21. The zero-order chi connectivity index (χ0) is 17.4. The van der Waals surface area contributed by atoms with Gasteiger partial charge in [-0.25, -0.2) is 4.99 Å². The van der Waals surface area contributed by atoms with Gasteiger partial charge in [-0.15, -0.1) is 0 Å². The standard InChI is InChI=1S/C18H26N4O2/c1-13(2)10-21-18(19)22-11-14-5-3-6-15(9-14)17(23)20-12-16-7-4-8-24-16/h3,5-6,9,16H,1,4,7-8,10-12H2,2H3,(H,20,23)(H3,19,21,22). The number of hydrogen-bond acceptors (Lipinski definition) is 3. The van der Waals surface area contributed by atoms with Crippen molar-refractivity contribution in [3.8, 4) is 0 Å². The van der Waals surface area contributed by atoms with E-state index in [9.17, 15) is 4.79 Å². The van der Waals surface area contributed by atoms with Crippen molar-refractivity contribution in [3.05, 3.63) is 47.5 Å². The molecule has 1 aliphatic rings. The van der Waals surface area contributed by atoms with Crippen LogP contribution < -0.4 is 16.4 Å². The number of carbonyl (C=O) groups is 1. The Hall–Kier alpha value is -2.34. The van der Waals surface area contributed by atoms with Crippen LogP contribution in [-0.2, 0) is 11.3 Å². The van der Waals surface area contributed by atoms with Crippen molar-refractivity contribution in [2.45, 2.75) is 32.4 Å². The lowest BCUT2D eigenvalue weighted by Crippen LogP contribution is -2.32. The van der Waals surface area contributed by atoms with Gasteiger partial charge in [0.15, 0.2) is 5.96 Å². The molecule has 1 atom stereocenters. The smallest absolute Gasteiger partial charge is 0.251 e. The van der Waals surface area contributed by atoms with E-state index in [-0.39, 0.29) is 12.0 Å². The average Bonchev–Trinajstić information content (AvgIpc) is 3.09. The molecule has 1 unspecified atom stereocenters. The molecule has 1 aromatic carbocycles. The summed E-state index contributed by atoms with van der Waals surface area (Å²) >= 11 is 0. The summed E-state index contributed by atoms with van der Waals surface area (Å²) in [7, 11) is 0. The zero-order valence-corrected chi connectivity index (χ0v) is 14.2. The van der Waals surface area contributed by atoms with Crippen LogP contribution in [0.25, 0.3) is 0 Å². The molecule has 6 heteroatoms. The SMILES string of the molecule is C=C(C)CNC(N)=NCc1cccc(C(=O)NCC2CCCO2)c1. The van der Waals surface area contributed by atoms with Crippen LogP contribution >= 0.6 is 0 Å². The molecule has 1 fully saturated rings. The fraction of sp³-hybridized carbons (Fsp3) is 0.444. The molecule has 130 valence electrons. The molecule has 0 aliphatic carbocycles. The Labute approximate surface area is 143 Å². The number of ether oxygens (including phenoxy) is 1. The lowest BCUT2D eigenvalue weighted by molar-refractivity contribution is 0.0857. The average molecular weight is 330 g/mol. The first-order valence-electron chi connectivity index (χ1n) is 8.21. The summed E-state index contributed by atoms with van der Waals surface area (Å²) in [5, 5.41) is 5.90. The van der Waals surface area contributed by atoms with Gasteiger partial charge in [-0.2, -0.15) is 0 Å². The van der Waals surface area contributed by atoms with Crippen molar-refractivity contribution in [2.24, 2.45) is 10.7 Å². The van der Waals surface area contributed by atoms with Crippen molar-refractivity contribution < 1.29 is 9.53 Å². The summed E-state index contributed by atoms with van der Waals surface area (Å²) in [5.41, 5.74) is 8.32. The van der Waals surface area contributed by atoms with Gasteiger partial charge >= 0.3 is 0 Å². The fourth-order valence-electron chi connectivity index (χ4n) is 2.40. The molecule has 1 amide bonds. The second-order valence-corrected chi connectivity index (χ2v) is 6.06.